The summed E-state index contributed by atoms with van der Waals surface area (Å²) in [5.74, 6) is 0.284. The Hall–Kier alpha value is -1.08. The van der Waals surface area contributed by atoms with Crippen LogP contribution in [-0.4, -0.2) is 27.5 Å². The number of ether oxygens (including phenoxy) is 1. The van der Waals surface area contributed by atoms with Crippen molar-refractivity contribution in [3.63, 3.8) is 0 Å². The van der Waals surface area contributed by atoms with Gasteiger partial charge in [-0.15, -0.1) is 0 Å². The van der Waals surface area contributed by atoms with Gasteiger partial charge in [-0.25, -0.2) is 13.6 Å². The van der Waals surface area contributed by atoms with Gasteiger partial charge in [0.15, 0.2) is 4.91 Å². The van der Waals surface area contributed by atoms with Gasteiger partial charge in [0.2, 0.25) is 15.9 Å². The van der Waals surface area contributed by atoms with Gasteiger partial charge in [-0.05, 0) is 0 Å². The highest BCUT2D eigenvalue weighted by Crippen LogP contribution is 2.12. The van der Waals surface area contributed by atoms with Crippen LogP contribution in [0.4, 0.5) is 0 Å². The summed E-state index contributed by atoms with van der Waals surface area (Å²) in [5, 5.41) is 4.92. The van der Waals surface area contributed by atoms with Crippen LogP contribution in [0.1, 0.15) is 6.92 Å². The molecule has 80 valence electrons. The summed E-state index contributed by atoms with van der Waals surface area (Å²) in [6.45, 7) is 2.89. The maximum atomic E-state index is 11.0. The third-order valence-electron chi connectivity index (χ3n) is 1.72. The van der Waals surface area contributed by atoms with Crippen molar-refractivity contribution in [2.45, 2.75) is 6.92 Å². The quantitative estimate of drug-likeness (QED) is 0.630. The van der Waals surface area contributed by atoms with Gasteiger partial charge in [0.05, 0.1) is 6.61 Å². The fourth-order valence-electron chi connectivity index (χ4n) is 0.995. The number of hydrogen-bond acceptors (Lipinski definition) is 5. The Morgan fingerprint density at radius 3 is 2.71 bits per heavy atom. The van der Waals surface area contributed by atoms with Crippen LogP contribution in [0.3, 0.4) is 0 Å². The second-order valence-corrected chi connectivity index (χ2v) is 4.67. The third kappa shape index (κ3) is 2.46. The van der Waals surface area contributed by atoms with Crippen molar-refractivity contribution in [1.29, 1.82) is 0 Å². The largest absolute Gasteiger partial charge is 0.477 e. The summed E-state index contributed by atoms with van der Waals surface area (Å²) in [6.07, 6.45) is 0.893. The SMILES string of the molecule is C[C@H]1CN=C(C(=CN)S(N)(=O)=O)OC1. The second-order valence-electron chi connectivity index (χ2n) is 3.14. The minimum atomic E-state index is -3.85. The van der Waals surface area contributed by atoms with Gasteiger partial charge >= 0.3 is 0 Å². The Labute approximate surface area is 82.7 Å². The van der Waals surface area contributed by atoms with Gasteiger partial charge in [0, 0.05) is 18.7 Å². The number of aliphatic imine (C=N–C) groups is 1. The predicted octanol–water partition coefficient (Wildman–Crippen LogP) is -0.860. The van der Waals surface area contributed by atoms with E-state index in [2.05, 4.69) is 4.99 Å². The van der Waals surface area contributed by atoms with Crippen molar-refractivity contribution < 1.29 is 13.2 Å². The lowest BCUT2D eigenvalue weighted by molar-refractivity contribution is 0.233. The molecular weight excluding hydrogens is 206 g/mol. The van der Waals surface area contributed by atoms with Gasteiger partial charge in [-0.2, -0.15) is 0 Å². The zero-order valence-electron chi connectivity index (χ0n) is 7.80. The minimum Gasteiger partial charge on any atom is -0.477 e. The molecule has 1 aliphatic rings. The summed E-state index contributed by atoms with van der Waals surface area (Å²) in [5.41, 5.74) is 5.14. The van der Waals surface area contributed by atoms with Crippen LogP contribution in [-0.2, 0) is 14.8 Å². The third-order valence-corrected chi connectivity index (χ3v) is 2.64. The molecule has 1 heterocycles. The summed E-state index contributed by atoms with van der Waals surface area (Å²) in [6, 6.07) is 0. The lowest BCUT2D eigenvalue weighted by Crippen LogP contribution is -2.29. The monoisotopic (exact) mass is 219 g/mol. The molecule has 1 rings (SSSR count). The fraction of sp³-hybridized carbons (Fsp3) is 0.571. The average molecular weight is 219 g/mol. The molecule has 0 saturated carbocycles. The molecule has 1 aliphatic heterocycles. The molecular formula is C7H13N3O3S. The molecule has 0 saturated heterocycles. The molecule has 6 nitrogen and oxygen atoms in total. The van der Waals surface area contributed by atoms with Gasteiger partial charge in [-0.3, -0.25) is 4.99 Å². The summed E-state index contributed by atoms with van der Waals surface area (Å²) < 4.78 is 27.1. The topological polar surface area (TPSA) is 108 Å². The van der Waals surface area contributed by atoms with Crippen LogP contribution in [0, 0.1) is 5.92 Å². The van der Waals surface area contributed by atoms with E-state index in [0.717, 1.165) is 6.20 Å². The Kier molecular flexibility index (Phi) is 3.12. The number of primary sulfonamides is 1. The second kappa shape index (κ2) is 3.97. The first-order valence-electron chi connectivity index (χ1n) is 4.07. The standard InChI is InChI=1S/C7H13N3O3S/c1-5-3-10-7(13-4-5)6(2-8)14(9,11)12/h2,5H,3-4,8H2,1H3,(H2,9,11,12)/t5-/m0/s1. The molecule has 1 atom stereocenters. The molecule has 7 heteroatoms. The Bertz CT molecular complexity index is 372. The normalized spacial score (nSPS) is 24.0. The molecule has 0 bridgehead atoms. The van der Waals surface area contributed by atoms with E-state index in [4.69, 9.17) is 15.6 Å². The van der Waals surface area contributed by atoms with Gasteiger partial charge in [-0.1, -0.05) is 6.92 Å². The van der Waals surface area contributed by atoms with E-state index in [-0.39, 0.29) is 16.7 Å². The van der Waals surface area contributed by atoms with Gasteiger partial charge < -0.3 is 10.5 Å². The minimum absolute atomic E-state index is 0.00750. The van der Waals surface area contributed by atoms with Crippen molar-refractivity contribution in [3.8, 4) is 0 Å². The highest BCUT2D eigenvalue weighted by molar-refractivity contribution is 7.94. The molecule has 0 aromatic heterocycles. The Morgan fingerprint density at radius 2 is 2.36 bits per heavy atom. The first-order valence-corrected chi connectivity index (χ1v) is 5.62. The van der Waals surface area contributed by atoms with Crippen molar-refractivity contribution in [3.05, 3.63) is 11.1 Å². The van der Waals surface area contributed by atoms with E-state index in [1.165, 1.54) is 0 Å². The van der Waals surface area contributed by atoms with E-state index >= 15 is 0 Å². The molecule has 0 aromatic carbocycles. The van der Waals surface area contributed by atoms with E-state index in [1.54, 1.807) is 0 Å². The van der Waals surface area contributed by atoms with Crippen LogP contribution in [0.25, 0.3) is 0 Å². The summed E-state index contributed by atoms with van der Waals surface area (Å²) in [7, 11) is -3.85. The zero-order chi connectivity index (χ0) is 10.8. The van der Waals surface area contributed by atoms with Crippen molar-refractivity contribution >= 4 is 15.9 Å². The first-order chi connectivity index (χ1) is 6.45. The average Bonchev–Trinajstić information content (AvgIpc) is 2.07. The van der Waals surface area contributed by atoms with Crippen molar-refractivity contribution in [1.82, 2.24) is 0 Å². The molecule has 0 amide bonds. The van der Waals surface area contributed by atoms with E-state index in [9.17, 15) is 8.42 Å². The molecule has 0 aromatic rings. The maximum Gasteiger partial charge on any atom is 0.244 e. The van der Waals surface area contributed by atoms with E-state index in [1.807, 2.05) is 6.92 Å². The molecule has 0 fully saturated rings. The van der Waals surface area contributed by atoms with Crippen LogP contribution >= 0.6 is 0 Å². The van der Waals surface area contributed by atoms with E-state index in [0.29, 0.717) is 13.2 Å². The van der Waals surface area contributed by atoms with Crippen LogP contribution in [0.2, 0.25) is 0 Å². The molecule has 0 spiro atoms. The lowest BCUT2D eigenvalue weighted by Gasteiger charge is -2.19. The fourth-order valence-corrected chi connectivity index (χ4v) is 1.55. The molecule has 4 N–H and O–H groups in total. The van der Waals surface area contributed by atoms with Crippen molar-refractivity contribution in [2.75, 3.05) is 13.2 Å². The van der Waals surface area contributed by atoms with Gasteiger partial charge in [0.1, 0.15) is 0 Å². The highest BCUT2D eigenvalue weighted by Gasteiger charge is 2.23. The van der Waals surface area contributed by atoms with Crippen LogP contribution in [0.5, 0.6) is 0 Å². The first kappa shape index (κ1) is 11.0. The molecule has 0 radical (unpaired) electrons. The number of nitrogens with zero attached hydrogens (tertiary/aromatic N) is 1. The Morgan fingerprint density at radius 1 is 1.71 bits per heavy atom. The van der Waals surface area contributed by atoms with E-state index < -0.39 is 10.0 Å². The molecule has 0 unspecified atom stereocenters. The number of rotatable bonds is 2. The smallest absolute Gasteiger partial charge is 0.244 e. The zero-order valence-corrected chi connectivity index (χ0v) is 8.62. The maximum absolute atomic E-state index is 11.0. The van der Waals surface area contributed by atoms with Crippen LogP contribution < -0.4 is 10.9 Å². The molecule has 0 aliphatic carbocycles. The van der Waals surface area contributed by atoms with Crippen LogP contribution in [0.15, 0.2) is 16.1 Å². The number of hydrogen-bond donors (Lipinski definition) is 2. The highest BCUT2D eigenvalue weighted by atomic mass is 32.2. The summed E-state index contributed by atoms with van der Waals surface area (Å²) in [4.78, 5) is 3.68. The molecule has 14 heavy (non-hydrogen) atoms. The summed E-state index contributed by atoms with van der Waals surface area (Å²) >= 11 is 0. The van der Waals surface area contributed by atoms with Gasteiger partial charge in [0.25, 0.3) is 0 Å². The predicted molar refractivity (Wildman–Crippen MR) is 52.8 cm³/mol. The number of sulfonamides is 1. The Balaban J connectivity index is 2.94. The lowest BCUT2D eigenvalue weighted by atomic mass is 10.2. The van der Waals surface area contributed by atoms with Crippen molar-refractivity contribution in [2.24, 2.45) is 21.8 Å². The number of nitrogens with two attached hydrogens (primary N) is 2.